The standard InChI is InChI=1S/C41H26N2O/c1-2-10-27(11-3-1)28-21-23-31(24-22-28)43(36-17-8-18-38-40(36)35-16-9-25-42-41(35)44-38)37-26-30-20-19-29-12-4-5-13-32(29)39(30)34-15-7-6-14-33(34)37/h1-26H. The Balaban J connectivity index is 1.37. The summed E-state index contributed by atoms with van der Waals surface area (Å²) in [5, 5.41) is 9.45. The minimum absolute atomic E-state index is 0.643. The zero-order chi connectivity index (χ0) is 29.0. The lowest BCUT2D eigenvalue weighted by Gasteiger charge is -2.28. The molecule has 7 aromatic carbocycles. The number of rotatable bonds is 4. The van der Waals surface area contributed by atoms with Gasteiger partial charge in [-0.2, -0.15) is 0 Å². The first-order valence-electron chi connectivity index (χ1n) is 14.9. The molecule has 3 nitrogen and oxygen atoms in total. The molecular formula is C41H26N2O. The van der Waals surface area contributed by atoms with Crippen LogP contribution in [0.4, 0.5) is 17.1 Å². The first kappa shape index (κ1) is 24.6. The molecule has 2 aromatic heterocycles. The highest BCUT2D eigenvalue weighted by Gasteiger charge is 2.22. The zero-order valence-electron chi connectivity index (χ0n) is 23.8. The van der Waals surface area contributed by atoms with Crippen LogP contribution in [-0.2, 0) is 0 Å². The van der Waals surface area contributed by atoms with Gasteiger partial charge in [-0.3, -0.25) is 0 Å². The summed E-state index contributed by atoms with van der Waals surface area (Å²) in [6.07, 6.45) is 1.78. The minimum atomic E-state index is 0.643. The monoisotopic (exact) mass is 562 g/mol. The molecule has 9 rings (SSSR count). The number of aromatic nitrogens is 1. The van der Waals surface area contributed by atoms with Gasteiger partial charge in [-0.1, -0.05) is 109 Å². The molecule has 0 fully saturated rings. The van der Waals surface area contributed by atoms with E-state index in [2.05, 4.69) is 149 Å². The van der Waals surface area contributed by atoms with Crippen molar-refractivity contribution in [3.8, 4) is 11.1 Å². The van der Waals surface area contributed by atoms with Crippen LogP contribution in [0.25, 0.3) is 65.5 Å². The number of benzene rings is 7. The van der Waals surface area contributed by atoms with Crippen molar-refractivity contribution in [1.82, 2.24) is 4.98 Å². The summed E-state index contributed by atoms with van der Waals surface area (Å²) in [5.41, 5.74) is 7.07. The fourth-order valence-electron chi connectivity index (χ4n) is 6.71. The van der Waals surface area contributed by atoms with Gasteiger partial charge in [0.1, 0.15) is 5.58 Å². The summed E-state index contributed by atoms with van der Waals surface area (Å²) in [6.45, 7) is 0. The quantitative estimate of drug-likeness (QED) is 0.200. The van der Waals surface area contributed by atoms with Crippen LogP contribution in [0.15, 0.2) is 162 Å². The molecule has 0 atom stereocenters. The average Bonchev–Trinajstić information content (AvgIpc) is 3.48. The van der Waals surface area contributed by atoms with E-state index in [1.165, 1.54) is 43.4 Å². The number of fused-ring (bicyclic) bond motifs is 8. The lowest BCUT2D eigenvalue weighted by atomic mass is 9.94. The summed E-state index contributed by atoms with van der Waals surface area (Å²) in [4.78, 5) is 6.93. The van der Waals surface area contributed by atoms with Crippen molar-refractivity contribution in [3.63, 3.8) is 0 Å². The highest BCUT2D eigenvalue weighted by Crippen LogP contribution is 2.47. The van der Waals surface area contributed by atoms with E-state index >= 15 is 0 Å². The zero-order valence-corrected chi connectivity index (χ0v) is 23.8. The van der Waals surface area contributed by atoms with Crippen molar-refractivity contribution in [1.29, 1.82) is 0 Å². The highest BCUT2D eigenvalue weighted by molar-refractivity contribution is 6.24. The van der Waals surface area contributed by atoms with E-state index in [4.69, 9.17) is 4.42 Å². The Bertz CT molecular complexity index is 2490. The van der Waals surface area contributed by atoms with E-state index in [0.29, 0.717) is 5.71 Å². The molecule has 0 N–H and O–H groups in total. The van der Waals surface area contributed by atoms with E-state index in [-0.39, 0.29) is 0 Å². The molecule has 0 aliphatic rings. The largest absolute Gasteiger partial charge is 0.438 e. The van der Waals surface area contributed by atoms with Gasteiger partial charge in [0, 0.05) is 17.3 Å². The molecule has 0 unspecified atom stereocenters. The molecule has 0 saturated heterocycles. The van der Waals surface area contributed by atoms with Gasteiger partial charge in [0.25, 0.3) is 0 Å². The Morgan fingerprint density at radius 1 is 0.455 bits per heavy atom. The molecule has 0 aliphatic heterocycles. The molecule has 9 aromatic rings. The Hall–Kier alpha value is -5.93. The number of nitrogens with zero attached hydrogens (tertiary/aromatic N) is 2. The van der Waals surface area contributed by atoms with Crippen molar-refractivity contribution in [2.45, 2.75) is 0 Å². The number of pyridine rings is 1. The molecule has 0 bridgehead atoms. The topological polar surface area (TPSA) is 29.3 Å². The number of anilines is 3. The summed E-state index contributed by atoms with van der Waals surface area (Å²) >= 11 is 0. The Kier molecular flexibility index (Phi) is 5.50. The molecule has 206 valence electrons. The van der Waals surface area contributed by atoms with Gasteiger partial charge in [-0.25, -0.2) is 4.98 Å². The van der Waals surface area contributed by atoms with Gasteiger partial charge in [0.15, 0.2) is 0 Å². The van der Waals surface area contributed by atoms with Gasteiger partial charge in [-0.15, -0.1) is 0 Å². The third-order valence-electron chi connectivity index (χ3n) is 8.69. The Morgan fingerprint density at radius 3 is 2.02 bits per heavy atom. The summed E-state index contributed by atoms with van der Waals surface area (Å²) in [7, 11) is 0. The second-order valence-corrected chi connectivity index (χ2v) is 11.2. The van der Waals surface area contributed by atoms with Gasteiger partial charge in [-0.05, 0) is 80.5 Å². The van der Waals surface area contributed by atoms with Gasteiger partial charge in [0.05, 0.1) is 22.1 Å². The number of hydrogen-bond donors (Lipinski definition) is 0. The first-order valence-corrected chi connectivity index (χ1v) is 14.9. The highest BCUT2D eigenvalue weighted by atomic mass is 16.3. The van der Waals surface area contributed by atoms with Crippen LogP contribution in [-0.4, -0.2) is 4.98 Å². The van der Waals surface area contributed by atoms with Crippen molar-refractivity contribution in [2.75, 3.05) is 4.90 Å². The van der Waals surface area contributed by atoms with Crippen LogP contribution in [0.5, 0.6) is 0 Å². The van der Waals surface area contributed by atoms with Crippen LogP contribution < -0.4 is 4.90 Å². The minimum Gasteiger partial charge on any atom is -0.438 e. The Labute approximate surface area is 254 Å². The SMILES string of the molecule is c1ccc(-c2ccc(N(c3cc4ccc5ccccc5c4c4ccccc34)c3cccc4oc5ncccc5c34)cc2)cc1. The van der Waals surface area contributed by atoms with Crippen LogP contribution in [0, 0.1) is 0 Å². The molecule has 0 radical (unpaired) electrons. The molecule has 0 saturated carbocycles. The van der Waals surface area contributed by atoms with Crippen molar-refractivity contribution < 1.29 is 4.42 Å². The number of hydrogen-bond acceptors (Lipinski definition) is 3. The number of furan rings is 1. The maximum Gasteiger partial charge on any atom is 0.227 e. The van der Waals surface area contributed by atoms with Crippen LogP contribution in [0.3, 0.4) is 0 Å². The van der Waals surface area contributed by atoms with Crippen molar-refractivity contribution >= 4 is 71.4 Å². The lowest BCUT2D eigenvalue weighted by Crippen LogP contribution is -2.11. The van der Waals surface area contributed by atoms with Gasteiger partial charge in [0.2, 0.25) is 5.71 Å². The molecule has 2 heterocycles. The second-order valence-electron chi connectivity index (χ2n) is 11.2. The maximum atomic E-state index is 6.26. The fourth-order valence-corrected chi connectivity index (χ4v) is 6.71. The third-order valence-corrected chi connectivity index (χ3v) is 8.69. The third kappa shape index (κ3) is 3.80. The van der Waals surface area contributed by atoms with E-state index < -0.39 is 0 Å². The lowest BCUT2D eigenvalue weighted by molar-refractivity contribution is 0.654. The normalized spacial score (nSPS) is 11.6. The fraction of sp³-hybridized carbons (Fsp3) is 0. The predicted molar refractivity (Wildman–Crippen MR) is 184 cm³/mol. The summed E-state index contributed by atoms with van der Waals surface area (Å²) in [6, 6.07) is 54.0. The second kappa shape index (κ2) is 9.82. The van der Waals surface area contributed by atoms with E-state index in [1.54, 1.807) is 6.20 Å². The van der Waals surface area contributed by atoms with Crippen molar-refractivity contribution in [2.24, 2.45) is 0 Å². The van der Waals surface area contributed by atoms with Crippen molar-refractivity contribution in [3.05, 3.63) is 158 Å². The first-order chi connectivity index (χ1) is 21.8. The summed E-state index contributed by atoms with van der Waals surface area (Å²) in [5.74, 6) is 0. The van der Waals surface area contributed by atoms with Crippen LogP contribution >= 0.6 is 0 Å². The molecule has 0 aliphatic carbocycles. The summed E-state index contributed by atoms with van der Waals surface area (Å²) < 4.78 is 6.26. The molecular weight excluding hydrogens is 536 g/mol. The smallest absolute Gasteiger partial charge is 0.227 e. The van der Waals surface area contributed by atoms with E-state index in [1.807, 2.05) is 12.1 Å². The molecule has 0 amide bonds. The average molecular weight is 563 g/mol. The van der Waals surface area contributed by atoms with Gasteiger partial charge < -0.3 is 9.32 Å². The maximum absolute atomic E-state index is 6.26. The Morgan fingerprint density at radius 2 is 1.16 bits per heavy atom. The molecule has 44 heavy (non-hydrogen) atoms. The molecule has 0 spiro atoms. The van der Waals surface area contributed by atoms with E-state index in [9.17, 15) is 0 Å². The van der Waals surface area contributed by atoms with Crippen LogP contribution in [0.1, 0.15) is 0 Å². The van der Waals surface area contributed by atoms with Crippen LogP contribution in [0.2, 0.25) is 0 Å². The molecule has 3 heteroatoms. The van der Waals surface area contributed by atoms with E-state index in [0.717, 1.165) is 33.4 Å². The van der Waals surface area contributed by atoms with Gasteiger partial charge >= 0.3 is 0 Å². The predicted octanol–water partition coefficient (Wildman–Crippen LogP) is 11.6.